The van der Waals surface area contributed by atoms with Crippen LogP contribution in [0, 0.1) is 13.8 Å². The van der Waals surface area contributed by atoms with Crippen LogP contribution < -0.4 is 5.32 Å². The van der Waals surface area contributed by atoms with E-state index < -0.39 is 0 Å². The van der Waals surface area contributed by atoms with Crippen LogP contribution in [-0.2, 0) is 9.47 Å². The van der Waals surface area contributed by atoms with Gasteiger partial charge in [0.2, 0.25) is 0 Å². The monoisotopic (exact) mass is 253 g/mol. The molecule has 0 aromatic carbocycles. The van der Waals surface area contributed by atoms with Gasteiger partial charge in [0.05, 0.1) is 25.9 Å². The van der Waals surface area contributed by atoms with Gasteiger partial charge in [0.25, 0.3) is 0 Å². The van der Waals surface area contributed by atoms with Gasteiger partial charge < -0.3 is 19.2 Å². The smallest absolute Gasteiger partial charge is 0.105 e. The highest BCUT2D eigenvalue weighted by Gasteiger charge is 2.28. The quantitative estimate of drug-likeness (QED) is 0.875. The third kappa shape index (κ3) is 3.13. The fraction of sp³-hybridized carbons (Fsp3) is 0.714. The summed E-state index contributed by atoms with van der Waals surface area (Å²) in [4.78, 5) is 0. The van der Waals surface area contributed by atoms with Gasteiger partial charge in [0, 0.05) is 5.56 Å². The van der Waals surface area contributed by atoms with Crippen molar-refractivity contribution in [1.82, 2.24) is 5.32 Å². The molecule has 1 aromatic heterocycles. The predicted octanol–water partition coefficient (Wildman–Crippen LogP) is 2.35. The summed E-state index contributed by atoms with van der Waals surface area (Å²) < 4.78 is 17.0. The average Bonchev–Trinajstić information content (AvgIpc) is 2.70. The van der Waals surface area contributed by atoms with E-state index in [1.807, 2.05) is 13.8 Å². The van der Waals surface area contributed by atoms with Crippen LogP contribution >= 0.6 is 0 Å². The number of aryl methyl sites for hydroxylation is 2. The fourth-order valence-corrected chi connectivity index (χ4v) is 2.40. The fourth-order valence-electron chi connectivity index (χ4n) is 2.40. The topological polar surface area (TPSA) is 43.6 Å². The van der Waals surface area contributed by atoms with E-state index in [4.69, 9.17) is 13.9 Å². The molecule has 1 aliphatic heterocycles. The zero-order valence-corrected chi connectivity index (χ0v) is 11.5. The van der Waals surface area contributed by atoms with E-state index in [1.54, 1.807) is 0 Å². The lowest BCUT2D eigenvalue weighted by molar-refractivity contribution is -0.102. The Morgan fingerprint density at radius 2 is 2.22 bits per heavy atom. The first-order chi connectivity index (χ1) is 8.72. The highest BCUT2D eigenvalue weighted by molar-refractivity contribution is 5.25. The third-order valence-electron chi connectivity index (χ3n) is 3.24. The van der Waals surface area contributed by atoms with E-state index in [0.717, 1.165) is 24.5 Å². The van der Waals surface area contributed by atoms with Crippen LogP contribution in [-0.4, -0.2) is 32.5 Å². The van der Waals surface area contributed by atoms with Gasteiger partial charge in [-0.3, -0.25) is 0 Å². The molecule has 2 heterocycles. The zero-order valence-electron chi connectivity index (χ0n) is 11.5. The number of nitrogens with one attached hydrogen (secondary N) is 1. The molecule has 2 atom stereocenters. The molecule has 0 aliphatic carbocycles. The molecule has 4 nitrogen and oxygen atoms in total. The van der Waals surface area contributed by atoms with Gasteiger partial charge in [-0.05, 0) is 32.9 Å². The molecule has 0 bridgehead atoms. The summed E-state index contributed by atoms with van der Waals surface area (Å²) in [6.45, 7) is 9.12. The highest BCUT2D eigenvalue weighted by atomic mass is 16.6. The van der Waals surface area contributed by atoms with Crippen molar-refractivity contribution in [1.29, 1.82) is 0 Å². The molecule has 18 heavy (non-hydrogen) atoms. The van der Waals surface area contributed by atoms with Gasteiger partial charge in [0.1, 0.15) is 17.6 Å². The molecule has 1 saturated heterocycles. The summed E-state index contributed by atoms with van der Waals surface area (Å²) in [6.07, 6.45) is 1.17. The lowest BCUT2D eigenvalue weighted by Crippen LogP contribution is -2.41. The standard InChI is InChI=1S/C14H23NO3/c1-4-5-15-14(13-9-16-6-7-17-13)12-8-10(2)18-11(12)3/h8,13-15H,4-7,9H2,1-3H3. The number of rotatable bonds is 5. The van der Waals surface area contributed by atoms with E-state index in [2.05, 4.69) is 18.3 Å². The largest absolute Gasteiger partial charge is 0.466 e. The van der Waals surface area contributed by atoms with Crippen LogP contribution in [0.25, 0.3) is 0 Å². The summed E-state index contributed by atoms with van der Waals surface area (Å²) in [6, 6.07) is 2.25. The van der Waals surface area contributed by atoms with E-state index in [9.17, 15) is 0 Å². The maximum Gasteiger partial charge on any atom is 0.105 e. The second kappa shape index (κ2) is 6.36. The van der Waals surface area contributed by atoms with Crippen LogP contribution in [0.15, 0.2) is 10.5 Å². The van der Waals surface area contributed by atoms with Crippen molar-refractivity contribution in [2.45, 2.75) is 39.3 Å². The molecular weight excluding hydrogens is 230 g/mol. The predicted molar refractivity (Wildman–Crippen MR) is 69.8 cm³/mol. The second-order valence-corrected chi connectivity index (χ2v) is 4.78. The lowest BCUT2D eigenvalue weighted by atomic mass is 10.0. The molecule has 2 unspecified atom stereocenters. The molecule has 1 aliphatic rings. The highest BCUT2D eigenvalue weighted by Crippen LogP contribution is 2.27. The van der Waals surface area contributed by atoms with Crippen LogP contribution in [0.1, 0.15) is 36.5 Å². The minimum Gasteiger partial charge on any atom is -0.466 e. The Labute approximate surface area is 109 Å². The number of ether oxygens (including phenoxy) is 2. The normalized spacial score (nSPS) is 22.1. The van der Waals surface area contributed by atoms with E-state index in [1.165, 1.54) is 5.56 Å². The van der Waals surface area contributed by atoms with Gasteiger partial charge >= 0.3 is 0 Å². The molecule has 4 heteroatoms. The van der Waals surface area contributed by atoms with Crippen molar-refractivity contribution < 1.29 is 13.9 Å². The van der Waals surface area contributed by atoms with Crippen molar-refractivity contribution in [2.24, 2.45) is 0 Å². The number of hydrogen-bond donors (Lipinski definition) is 1. The summed E-state index contributed by atoms with van der Waals surface area (Å²) in [5.74, 6) is 1.91. The SMILES string of the molecule is CCCNC(c1cc(C)oc1C)C1COCCO1. The number of furan rings is 1. The van der Waals surface area contributed by atoms with Gasteiger partial charge in [-0.15, -0.1) is 0 Å². The first-order valence-electron chi connectivity index (χ1n) is 6.72. The Bertz CT molecular complexity index is 369. The number of hydrogen-bond acceptors (Lipinski definition) is 4. The van der Waals surface area contributed by atoms with Gasteiger partial charge in [-0.2, -0.15) is 0 Å². The Balaban J connectivity index is 2.15. The minimum absolute atomic E-state index is 0.0704. The van der Waals surface area contributed by atoms with E-state index in [0.29, 0.717) is 19.8 Å². The summed E-state index contributed by atoms with van der Waals surface area (Å²) in [5, 5.41) is 3.54. The third-order valence-corrected chi connectivity index (χ3v) is 3.24. The summed E-state index contributed by atoms with van der Waals surface area (Å²) in [7, 11) is 0. The molecule has 1 N–H and O–H groups in total. The molecule has 1 fully saturated rings. The minimum atomic E-state index is 0.0704. The molecule has 1 aromatic rings. The van der Waals surface area contributed by atoms with Crippen LogP contribution in [0.4, 0.5) is 0 Å². The average molecular weight is 253 g/mol. The second-order valence-electron chi connectivity index (χ2n) is 4.78. The zero-order chi connectivity index (χ0) is 13.0. The van der Waals surface area contributed by atoms with Crippen molar-refractivity contribution >= 4 is 0 Å². The van der Waals surface area contributed by atoms with Gasteiger partial charge in [-0.1, -0.05) is 6.92 Å². The Morgan fingerprint density at radius 3 is 2.78 bits per heavy atom. The maximum absolute atomic E-state index is 5.83. The molecule has 0 amide bonds. The van der Waals surface area contributed by atoms with Crippen molar-refractivity contribution in [3.8, 4) is 0 Å². The maximum atomic E-state index is 5.83. The van der Waals surface area contributed by atoms with E-state index in [-0.39, 0.29) is 12.1 Å². The first-order valence-corrected chi connectivity index (χ1v) is 6.72. The van der Waals surface area contributed by atoms with Gasteiger partial charge in [-0.25, -0.2) is 0 Å². The molecule has 0 saturated carbocycles. The summed E-state index contributed by atoms with van der Waals surface area (Å²) in [5.41, 5.74) is 1.19. The molecule has 0 spiro atoms. The molecular formula is C14H23NO3. The molecule has 2 rings (SSSR count). The van der Waals surface area contributed by atoms with Gasteiger partial charge in [0.15, 0.2) is 0 Å². The van der Waals surface area contributed by atoms with Crippen LogP contribution in [0.5, 0.6) is 0 Å². The van der Waals surface area contributed by atoms with Crippen molar-refractivity contribution in [3.05, 3.63) is 23.2 Å². The molecule has 102 valence electrons. The van der Waals surface area contributed by atoms with Crippen LogP contribution in [0.2, 0.25) is 0 Å². The lowest BCUT2D eigenvalue weighted by Gasteiger charge is -2.31. The summed E-state index contributed by atoms with van der Waals surface area (Å²) >= 11 is 0. The van der Waals surface area contributed by atoms with Crippen molar-refractivity contribution in [3.63, 3.8) is 0 Å². The van der Waals surface area contributed by atoms with Crippen molar-refractivity contribution in [2.75, 3.05) is 26.4 Å². The Morgan fingerprint density at radius 1 is 1.39 bits per heavy atom. The van der Waals surface area contributed by atoms with E-state index >= 15 is 0 Å². The molecule has 0 radical (unpaired) electrons. The first kappa shape index (κ1) is 13.6. The Hall–Kier alpha value is -0.840. The van der Waals surface area contributed by atoms with Crippen LogP contribution in [0.3, 0.4) is 0 Å². The Kier molecular flexibility index (Phi) is 4.80.